The summed E-state index contributed by atoms with van der Waals surface area (Å²) in [5, 5.41) is 13.1. The van der Waals surface area contributed by atoms with Crippen molar-refractivity contribution in [2.24, 2.45) is 5.41 Å². The Balaban J connectivity index is 2.06. The normalized spacial score (nSPS) is 24.2. The molecule has 2 aliphatic rings. The highest BCUT2D eigenvalue weighted by Gasteiger charge is 2.41. The lowest BCUT2D eigenvalue weighted by atomic mass is 9.75. The molecule has 2 N–H and O–H groups in total. The first-order valence-corrected chi connectivity index (χ1v) is 8.46. The summed E-state index contributed by atoms with van der Waals surface area (Å²) in [4.78, 5) is 0.0810. The lowest BCUT2D eigenvalue weighted by molar-refractivity contribution is 0.237. The van der Waals surface area contributed by atoms with Gasteiger partial charge in [0.05, 0.1) is 11.4 Å². The fourth-order valence-corrected chi connectivity index (χ4v) is 5.63. The Labute approximate surface area is 113 Å². The highest BCUT2D eigenvalue weighted by molar-refractivity contribution is 7.91. The summed E-state index contributed by atoms with van der Waals surface area (Å²) in [6, 6.07) is 4.85. The molecule has 1 aliphatic carbocycles. The first-order valence-electron chi connectivity index (χ1n) is 6.81. The van der Waals surface area contributed by atoms with Gasteiger partial charge in [0.25, 0.3) is 0 Å². The van der Waals surface area contributed by atoms with Crippen LogP contribution < -0.4 is 5.32 Å². The van der Waals surface area contributed by atoms with Gasteiger partial charge in [-0.3, -0.25) is 0 Å². The van der Waals surface area contributed by atoms with Crippen LogP contribution >= 0.6 is 0 Å². The molecule has 5 heteroatoms. The summed E-state index contributed by atoms with van der Waals surface area (Å²) in [6.45, 7) is 0.683. The molecular formula is C14H19NO3S. The van der Waals surface area contributed by atoms with E-state index in [4.69, 9.17) is 0 Å². The van der Waals surface area contributed by atoms with Gasteiger partial charge in [-0.25, -0.2) is 8.42 Å². The molecule has 0 atom stereocenters. The van der Waals surface area contributed by atoms with E-state index < -0.39 is 9.84 Å². The Morgan fingerprint density at radius 2 is 1.89 bits per heavy atom. The second-order valence-electron chi connectivity index (χ2n) is 5.83. The maximum Gasteiger partial charge on any atom is 0.184 e. The monoisotopic (exact) mass is 281 g/mol. The predicted molar refractivity (Wildman–Crippen MR) is 74.2 cm³/mol. The van der Waals surface area contributed by atoms with E-state index in [0.717, 1.165) is 25.7 Å². The van der Waals surface area contributed by atoms with Gasteiger partial charge in [-0.2, -0.15) is 0 Å². The average Bonchev–Trinajstić information content (AvgIpc) is 2.46. The third-order valence-electron chi connectivity index (χ3n) is 4.37. The number of aromatic hydroxyl groups is 1. The summed E-state index contributed by atoms with van der Waals surface area (Å²) in [5.74, 6) is 0.00950. The minimum atomic E-state index is -3.43. The van der Waals surface area contributed by atoms with Crippen LogP contribution in [0.1, 0.15) is 32.1 Å². The van der Waals surface area contributed by atoms with E-state index in [9.17, 15) is 13.5 Å². The molecule has 4 nitrogen and oxygen atoms in total. The van der Waals surface area contributed by atoms with E-state index in [-0.39, 0.29) is 21.8 Å². The standard InChI is InChI=1S/C14H19NO3S/c16-12-6-4-5-11-13(12)19(17,18)10-14(9-15-11)7-2-1-3-8-14/h4-6,15-16H,1-3,7-10H2. The number of phenolic OH excluding ortho intramolecular Hbond substituents is 1. The number of rotatable bonds is 0. The number of hydrogen-bond donors (Lipinski definition) is 2. The van der Waals surface area contributed by atoms with Crippen LogP contribution in [-0.2, 0) is 9.84 Å². The highest BCUT2D eigenvalue weighted by atomic mass is 32.2. The molecule has 104 valence electrons. The Morgan fingerprint density at radius 3 is 2.63 bits per heavy atom. The second kappa shape index (κ2) is 4.40. The number of hydrogen-bond acceptors (Lipinski definition) is 4. The van der Waals surface area contributed by atoms with Gasteiger partial charge in [0.15, 0.2) is 9.84 Å². The zero-order chi connectivity index (χ0) is 13.5. The van der Waals surface area contributed by atoms with Crippen molar-refractivity contribution < 1.29 is 13.5 Å². The number of sulfone groups is 1. The molecule has 1 aromatic carbocycles. The largest absolute Gasteiger partial charge is 0.507 e. The van der Waals surface area contributed by atoms with Crippen LogP contribution in [0.5, 0.6) is 5.75 Å². The third-order valence-corrected chi connectivity index (χ3v) is 6.41. The number of benzene rings is 1. The molecule has 1 saturated carbocycles. The summed E-state index contributed by atoms with van der Waals surface area (Å²) in [6.07, 6.45) is 5.29. The fourth-order valence-electron chi connectivity index (χ4n) is 3.42. The average molecular weight is 281 g/mol. The molecule has 1 aliphatic heterocycles. The van der Waals surface area contributed by atoms with E-state index in [0.29, 0.717) is 12.2 Å². The molecule has 0 amide bonds. The first-order chi connectivity index (χ1) is 9.03. The molecule has 19 heavy (non-hydrogen) atoms. The van der Waals surface area contributed by atoms with Crippen LogP contribution in [0.15, 0.2) is 23.1 Å². The smallest absolute Gasteiger partial charge is 0.184 e. The molecule has 0 unspecified atom stereocenters. The molecule has 1 aromatic rings. The van der Waals surface area contributed by atoms with Crippen LogP contribution in [0.2, 0.25) is 0 Å². The Morgan fingerprint density at radius 1 is 1.16 bits per heavy atom. The van der Waals surface area contributed by atoms with Gasteiger partial charge in [0.1, 0.15) is 10.6 Å². The van der Waals surface area contributed by atoms with Crippen molar-refractivity contribution >= 4 is 15.5 Å². The Kier molecular flexibility index (Phi) is 2.96. The molecule has 0 radical (unpaired) electrons. The molecular weight excluding hydrogens is 262 g/mol. The van der Waals surface area contributed by atoms with Crippen LogP contribution in [0.25, 0.3) is 0 Å². The van der Waals surface area contributed by atoms with Crippen LogP contribution in [0.4, 0.5) is 5.69 Å². The minimum absolute atomic E-state index is 0.0810. The second-order valence-corrected chi connectivity index (χ2v) is 7.75. The van der Waals surface area contributed by atoms with Crippen LogP contribution in [0, 0.1) is 5.41 Å². The van der Waals surface area contributed by atoms with Crippen molar-refractivity contribution in [1.29, 1.82) is 0 Å². The van der Waals surface area contributed by atoms with E-state index in [2.05, 4.69) is 5.32 Å². The Bertz CT molecular complexity index is 589. The van der Waals surface area contributed by atoms with Gasteiger partial charge < -0.3 is 10.4 Å². The molecule has 1 fully saturated rings. The maximum atomic E-state index is 12.6. The van der Waals surface area contributed by atoms with Crippen molar-refractivity contribution in [3.63, 3.8) is 0 Å². The number of fused-ring (bicyclic) bond motifs is 1. The van der Waals surface area contributed by atoms with E-state index in [1.54, 1.807) is 12.1 Å². The minimum Gasteiger partial charge on any atom is -0.507 e. The summed E-state index contributed by atoms with van der Waals surface area (Å²) < 4.78 is 25.2. The molecule has 3 rings (SSSR count). The van der Waals surface area contributed by atoms with Gasteiger partial charge in [0.2, 0.25) is 0 Å². The van der Waals surface area contributed by atoms with E-state index >= 15 is 0 Å². The van der Waals surface area contributed by atoms with Crippen LogP contribution in [-0.4, -0.2) is 25.8 Å². The maximum absolute atomic E-state index is 12.6. The molecule has 0 bridgehead atoms. The summed E-state index contributed by atoms with van der Waals surface area (Å²) in [5.41, 5.74) is 0.380. The lowest BCUT2D eigenvalue weighted by Gasteiger charge is -2.35. The van der Waals surface area contributed by atoms with Crippen molar-refractivity contribution in [3.05, 3.63) is 18.2 Å². The zero-order valence-corrected chi connectivity index (χ0v) is 11.7. The number of anilines is 1. The van der Waals surface area contributed by atoms with Crippen LogP contribution in [0.3, 0.4) is 0 Å². The topological polar surface area (TPSA) is 66.4 Å². The van der Waals surface area contributed by atoms with Gasteiger partial charge >= 0.3 is 0 Å². The van der Waals surface area contributed by atoms with E-state index in [1.807, 2.05) is 0 Å². The van der Waals surface area contributed by atoms with Crippen molar-refractivity contribution in [2.45, 2.75) is 37.0 Å². The van der Waals surface area contributed by atoms with Crippen molar-refractivity contribution in [3.8, 4) is 5.75 Å². The number of nitrogens with one attached hydrogen (secondary N) is 1. The first kappa shape index (κ1) is 12.8. The van der Waals surface area contributed by atoms with E-state index in [1.165, 1.54) is 12.5 Å². The summed E-state index contributed by atoms with van der Waals surface area (Å²) in [7, 11) is -3.43. The quantitative estimate of drug-likeness (QED) is 0.767. The number of phenols is 1. The highest BCUT2D eigenvalue weighted by Crippen LogP contribution is 2.44. The molecule has 1 heterocycles. The predicted octanol–water partition coefficient (Wildman–Crippen LogP) is 2.54. The zero-order valence-electron chi connectivity index (χ0n) is 10.9. The Hall–Kier alpha value is -1.23. The lowest BCUT2D eigenvalue weighted by Crippen LogP contribution is -2.36. The van der Waals surface area contributed by atoms with Gasteiger partial charge in [-0.15, -0.1) is 0 Å². The SMILES string of the molecule is O=S1(=O)CC2(CCCCC2)CNc2cccc(O)c21. The molecule has 0 saturated heterocycles. The van der Waals surface area contributed by atoms with Gasteiger partial charge in [-0.05, 0) is 25.0 Å². The van der Waals surface area contributed by atoms with Crippen molar-refractivity contribution in [2.75, 3.05) is 17.6 Å². The fraction of sp³-hybridized carbons (Fsp3) is 0.571. The van der Waals surface area contributed by atoms with Gasteiger partial charge in [0, 0.05) is 12.0 Å². The van der Waals surface area contributed by atoms with Gasteiger partial charge in [-0.1, -0.05) is 25.3 Å². The molecule has 0 aromatic heterocycles. The van der Waals surface area contributed by atoms with Crippen molar-refractivity contribution in [1.82, 2.24) is 0 Å². The third kappa shape index (κ3) is 2.20. The summed E-state index contributed by atoms with van der Waals surface area (Å²) >= 11 is 0. The molecule has 1 spiro atoms.